The van der Waals surface area contributed by atoms with E-state index in [9.17, 15) is 20.0 Å². The Bertz CT molecular complexity index is 865. The zero-order valence-corrected chi connectivity index (χ0v) is 12.4. The number of aliphatic hydroxyl groups is 1. The first kappa shape index (κ1) is 15.1. The van der Waals surface area contributed by atoms with Gasteiger partial charge in [-0.05, 0) is 11.4 Å². The number of aliphatic hydroxyl groups excluding tert-OH is 1. The first-order chi connectivity index (χ1) is 11.0. The lowest BCUT2D eigenvalue weighted by molar-refractivity contribution is -0.385. The van der Waals surface area contributed by atoms with Crippen LogP contribution in [-0.2, 0) is 13.1 Å². The minimum absolute atomic E-state index is 0.0124. The highest BCUT2D eigenvalue weighted by Crippen LogP contribution is 2.21. The molecule has 23 heavy (non-hydrogen) atoms. The van der Waals surface area contributed by atoms with Gasteiger partial charge >= 0.3 is 11.4 Å². The molecule has 3 aromatic rings. The monoisotopic (exact) mass is 337 g/mol. The fourth-order valence-electron chi connectivity index (χ4n) is 1.94. The molecular formula is C12H11N5O5S. The minimum atomic E-state index is -1.01. The summed E-state index contributed by atoms with van der Waals surface area (Å²) in [5, 5.41) is 30.2. The van der Waals surface area contributed by atoms with Gasteiger partial charge in [-0.25, -0.2) is 4.79 Å². The van der Waals surface area contributed by atoms with Crippen LogP contribution in [0.25, 0.3) is 10.8 Å². The Hall–Kier alpha value is -2.79. The molecular weight excluding hydrogens is 326 g/mol. The van der Waals surface area contributed by atoms with Crippen molar-refractivity contribution in [2.24, 2.45) is 0 Å². The van der Waals surface area contributed by atoms with Crippen LogP contribution in [0.3, 0.4) is 0 Å². The van der Waals surface area contributed by atoms with Gasteiger partial charge in [-0.15, -0.1) is 16.4 Å². The Morgan fingerprint density at radius 3 is 2.96 bits per heavy atom. The number of thiophene rings is 1. The molecule has 0 spiro atoms. The average molecular weight is 337 g/mol. The maximum absolute atomic E-state index is 11.7. The molecule has 0 bridgehead atoms. The van der Waals surface area contributed by atoms with Crippen molar-refractivity contribution in [3.63, 3.8) is 0 Å². The van der Waals surface area contributed by atoms with E-state index >= 15 is 0 Å². The Morgan fingerprint density at radius 2 is 2.30 bits per heavy atom. The maximum atomic E-state index is 11.7. The summed E-state index contributed by atoms with van der Waals surface area (Å²) in [6, 6.07) is 3.57. The zero-order valence-electron chi connectivity index (χ0n) is 11.6. The molecule has 3 rings (SSSR count). The van der Waals surface area contributed by atoms with Gasteiger partial charge in [0, 0.05) is 0 Å². The summed E-state index contributed by atoms with van der Waals surface area (Å²) in [4.78, 5) is 22.4. The first-order valence-electron chi connectivity index (χ1n) is 6.49. The summed E-state index contributed by atoms with van der Waals surface area (Å²) in [7, 11) is 0. The predicted molar refractivity (Wildman–Crippen MR) is 79.0 cm³/mol. The Balaban J connectivity index is 1.69. The third-order valence-electron chi connectivity index (χ3n) is 2.95. The second-order valence-electron chi connectivity index (χ2n) is 4.66. The smallest absolute Gasteiger partial charge is 0.389 e. The van der Waals surface area contributed by atoms with Crippen LogP contribution in [-0.4, -0.2) is 35.7 Å². The van der Waals surface area contributed by atoms with Crippen LogP contribution >= 0.6 is 11.3 Å². The van der Waals surface area contributed by atoms with E-state index < -0.39 is 16.8 Å². The molecule has 1 atom stereocenters. The van der Waals surface area contributed by atoms with Crippen LogP contribution in [0.1, 0.15) is 0 Å². The fraction of sp³-hybridized carbons (Fsp3) is 0.250. The molecule has 3 aromatic heterocycles. The molecule has 0 amide bonds. The van der Waals surface area contributed by atoms with Crippen LogP contribution < -0.4 is 5.76 Å². The molecule has 1 unspecified atom stereocenters. The molecule has 0 saturated heterocycles. The van der Waals surface area contributed by atoms with Crippen molar-refractivity contribution in [1.29, 1.82) is 0 Å². The Morgan fingerprint density at radius 1 is 1.48 bits per heavy atom. The van der Waals surface area contributed by atoms with Crippen LogP contribution in [0.2, 0.25) is 0 Å². The number of rotatable bonds is 6. The number of nitrogens with zero attached hydrogens (tertiary/aromatic N) is 5. The summed E-state index contributed by atoms with van der Waals surface area (Å²) in [6.07, 6.45) is 1.28. The molecule has 0 aromatic carbocycles. The number of nitro groups is 1. The summed E-state index contributed by atoms with van der Waals surface area (Å²) in [6.45, 7) is -0.122. The van der Waals surface area contributed by atoms with Crippen molar-refractivity contribution >= 4 is 17.0 Å². The lowest BCUT2D eigenvalue weighted by Gasteiger charge is -2.08. The molecule has 0 aliphatic rings. The van der Waals surface area contributed by atoms with E-state index in [4.69, 9.17) is 4.42 Å². The van der Waals surface area contributed by atoms with Gasteiger partial charge in [0.1, 0.15) is 12.4 Å². The van der Waals surface area contributed by atoms with Crippen LogP contribution in [0.15, 0.2) is 39.1 Å². The van der Waals surface area contributed by atoms with Gasteiger partial charge in [-0.1, -0.05) is 6.07 Å². The van der Waals surface area contributed by atoms with Gasteiger partial charge in [0.2, 0.25) is 0 Å². The van der Waals surface area contributed by atoms with Crippen molar-refractivity contribution in [2.45, 2.75) is 19.2 Å². The molecule has 10 nitrogen and oxygen atoms in total. The van der Waals surface area contributed by atoms with E-state index in [1.807, 2.05) is 5.38 Å². The van der Waals surface area contributed by atoms with E-state index in [0.29, 0.717) is 4.88 Å². The average Bonchev–Trinajstić information content (AvgIpc) is 3.20. The molecule has 3 heterocycles. The summed E-state index contributed by atoms with van der Waals surface area (Å²) < 4.78 is 7.27. The second kappa shape index (κ2) is 6.14. The third kappa shape index (κ3) is 3.35. The van der Waals surface area contributed by atoms with Crippen LogP contribution in [0.4, 0.5) is 5.69 Å². The predicted octanol–water partition coefficient (Wildman–Crippen LogP) is 0.731. The SMILES string of the molecule is O=c1oc(-c2cccs2)nn1CC(O)Cn1cc([N+](=O)[O-])cn1. The molecule has 120 valence electrons. The van der Waals surface area contributed by atoms with E-state index in [0.717, 1.165) is 10.9 Å². The largest absolute Gasteiger partial charge is 0.437 e. The van der Waals surface area contributed by atoms with Crippen LogP contribution in [0.5, 0.6) is 0 Å². The quantitative estimate of drug-likeness (QED) is 0.518. The van der Waals surface area contributed by atoms with Gasteiger partial charge in [0.15, 0.2) is 0 Å². The van der Waals surface area contributed by atoms with Gasteiger partial charge in [0.05, 0.1) is 29.0 Å². The van der Waals surface area contributed by atoms with Crippen molar-refractivity contribution < 1.29 is 14.4 Å². The lowest BCUT2D eigenvalue weighted by Crippen LogP contribution is -2.28. The van der Waals surface area contributed by atoms with Crippen LogP contribution in [0, 0.1) is 10.1 Å². The van der Waals surface area contributed by atoms with Crippen molar-refractivity contribution in [1.82, 2.24) is 19.6 Å². The fourth-order valence-corrected chi connectivity index (χ4v) is 2.59. The Kier molecular flexibility index (Phi) is 4.04. The highest BCUT2D eigenvalue weighted by Gasteiger charge is 2.16. The number of hydrogen-bond donors (Lipinski definition) is 1. The molecule has 11 heteroatoms. The first-order valence-corrected chi connectivity index (χ1v) is 7.37. The molecule has 0 fully saturated rings. The van der Waals surface area contributed by atoms with Gasteiger partial charge in [-0.2, -0.15) is 9.78 Å². The maximum Gasteiger partial charge on any atom is 0.437 e. The van der Waals surface area contributed by atoms with Gasteiger partial charge in [-0.3, -0.25) is 14.8 Å². The van der Waals surface area contributed by atoms with E-state index in [2.05, 4.69) is 10.2 Å². The minimum Gasteiger partial charge on any atom is -0.389 e. The molecule has 0 aliphatic heterocycles. The highest BCUT2D eigenvalue weighted by molar-refractivity contribution is 7.13. The lowest BCUT2D eigenvalue weighted by atomic mass is 10.3. The molecule has 0 aliphatic carbocycles. The molecule has 1 N–H and O–H groups in total. The normalized spacial score (nSPS) is 12.4. The summed E-state index contributed by atoms with van der Waals surface area (Å²) >= 11 is 1.38. The van der Waals surface area contributed by atoms with Crippen molar-refractivity contribution in [3.05, 3.63) is 50.6 Å². The van der Waals surface area contributed by atoms with E-state index in [-0.39, 0.29) is 24.7 Å². The molecule has 0 radical (unpaired) electrons. The number of hydrogen-bond acceptors (Lipinski definition) is 8. The topological polar surface area (TPSA) is 129 Å². The Labute approximate surface area is 132 Å². The van der Waals surface area contributed by atoms with Gasteiger partial charge in [0.25, 0.3) is 5.89 Å². The molecule has 0 saturated carbocycles. The van der Waals surface area contributed by atoms with Gasteiger partial charge < -0.3 is 9.52 Å². The van der Waals surface area contributed by atoms with Crippen molar-refractivity contribution in [3.8, 4) is 10.8 Å². The standard InChI is InChI=1S/C12H11N5O5S/c18-9(6-15-5-8(4-13-15)17(20)21)7-16-12(19)22-11(14-16)10-2-1-3-23-10/h1-5,9,18H,6-7H2. The van der Waals surface area contributed by atoms with E-state index in [1.54, 1.807) is 12.1 Å². The third-order valence-corrected chi connectivity index (χ3v) is 3.81. The second-order valence-corrected chi connectivity index (χ2v) is 5.61. The summed E-state index contributed by atoms with van der Waals surface area (Å²) in [5.74, 6) is -0.495. The summed E-state index contributed by atoms with van der Waals surface area (Å²) in [5.41, 5.74) is -0.171. The van der Waals surface area contributed by atoms with E-state index in [1.165, 1.54) is 22.2 Å². The zero-order chi connectivity index (χ0) is 16.4. The van der Waals surface area contributed by atoms with Crippen molar-refractivity contribution in [2.75, 3.05) is 0 Å². The highest BCUT2D eigenvalue weighted by atomic mass is 32.1. The number of aromatic nitrogens is 4.